The van der Waals surface area contributed by atoms with Crippen LogP contribution in [0.1, 0.15) is 0 Å². The molecule has 0 aliphatic carbocycles. The quantitative estimate of drug-likeness (QED) is 0.575. The maximum absolute atomic E-state index is 12.2. The van der Waals surface area contributed by atoms with Crippen LogP contribution in [0.3, 0.4) is 0 Å². The van der Waals surface area contributed by atoms with Crippen molar-refractivity contribution in [1.29, 1.82) is 0 Å². The van der Waals surface area contributed by atoms with Gasteiger partial charge in [0.25, 0.3) is 5.91 Å². The molecule has 0 radical (unpaired) electrons. The van der Waals surface area contributed by atoms with Crippen molar-refractivity contribution in [3.8, 4) is 0 Å². The van der Waals surface area contributed by atoms with E-state index in [1.807, 2.05) is 4.90 Å². The highest BCUT2D eigenvalue weighted by Gasteiger charge is 2.50. The Labute approximate surface area is 126 Å². The number of nitrogens with two attached hydrogens (primary N) is 1. The molecule has 3 aliphatic rings. The minimum Gasteiger partial charge on any atom is -0.378 e. The lowest BCUT2D eigenvalue weighted by atomic mass is 10.1. The van der Waals surface area contributed by atoms with Crippen molar-refractivity contribution in [2.24, 2.45) is 10.7 Å². The number of nitrogens with one attached hydrogen (secondary N) is 1. The van der Waals surface area contributed by atoms with Gasteiger partial charge in [-0.2, -0.15) is 0 Å². The molecule has 3 N–H and O–H groups in total. The molecule has 4 amide bonds. The molecule has 2 saturated heterocycles. The van der Waals surface area contributed by atoms with Gasteiger partial charge in [0.05, 0.1) is 13.2 Å². The summed E-state index contributed by atoms with van der Waals surface area (Å²) in [5.74, 6) is -0.524. The number of hydrogen-bond acceptors (Lipinski definition) is 7. The van der Waals surface area contributed by atoms with E-state index in [2.05, 4.69) is 10.3 Å². The van der Waals surface area contributed by atoms with Crippen LogP contribution in [0.25, 0.3) is 0 Å². The largest absolute Gasteiger partial charge is 0.378 e. The summed E-state index contributed by atoms with van der Waals surface area (Å²) in [6, 6.07) is -1.25. The number of imide groups is 1. The van der Waals surface area contributed by atoms with E-state index >= 15 is 0 Å². The number of hydrogen-bond donors (Lipinski definition) is 2. The van der Waals surface area contributed by atoms with Crippen molar-refractivity contribution in [1.82, 2.24) is 20.0 Å². The number of likely N-dealkylation sites (N-methyl/N-ethyl adjacent to an activating group) is 1. The fourth-order valence-electron chi connectivity index (χ4n) is 2.87. The number of aliphatic imine (C=N–C) groups is 1. The molecule has 0 aromatic carbocycles. The van der Waals surface area contributed by atoms with Crippen LogP contribution in [0.4, 0.5) is 4.79 Å². The van der Waals surface area contributed by atoms with Crippen molar-refractivity contribution < 1.29 is 19.1 Å². The molecule has 0 bridgehead atoms. The van der Waals surface area contributed by atoms with Gasteiger partial charge in [-0.05, 0) is 0 Å². The predicted molar refractivity (Wildman–Crippen MR) is 74.6 cm³/mol. The Kier molecular flexibility index (Phi) is 3.61. The van der Waals surface area contributed by atoms with Gasteiger partial charge in [0.1, 0.15) is 6.54 Å². The van der Waals surface area contributed by atoms with Crippen LogP contribution in [0, 0.1) is 0 Å². The Hall–Kier alpha value is -2.36. The number of nitrogens with zero attached hydrogens (tertiary/aromatic N) is 4. The van der Waals surface area contributed by atoms with E-state index in [1.54, 1.807) is 11.9 Å². The third kappa shape index (κ3) is 2.34. The van der Waals surface area contributed by atoms with Crippen molar-refractivity contribution in [2.75, 3.05) is 39.9 Å². The summed E-state index contributed by atoms with van der Waals surface area (Å²) in [5.41, 5.74) is 5.30. The Balaban J connectivity index is 1.92. The lowest BCUT2D eigenvalue weighted by Gasteiger charge is -2.37. The molecule has 2 atom stereocenters. The van der Waals surface area contributed by atoms with Crippen LogP contribution >= 0.6 is 0 Å². The first-order valence-corrected chi connectivity index (χ1v) is 7.02. The minimum absolute atomic E-state index is 0.132. The summed E-state index contributed by atoms with van der Waals surface area (Å²) in [4.78, 5) is 44.7. The average molecular weight is 310 g/mol. The summed E-state index contributed by atoms with van der Waals surface area (Å²) in [7, 11) is 1.56. The molecule has 0 saturated carbocycles. The van der Waals surface area contributed by atoms with Gasteiger partial charge in [0.15, 0.2) is 18.2 Å². The normalized spacial score (nSPS) is 28.4. The van der Waals surface area contributed by atoms with Crippen molar-refractivity contribution in [3.05, 3.63) is 0 Å². The van der Waals surface area contributed by atoms with Crippen LogP contribution in [-0.2, 0) is 14.3 Å². The highest BCUT2D eigenvalue weighted by molar-refractivity contribution is 6.04. The predicted octanol–water partition coefficient (Wildman–Crippen LogP) is -2.65. The lowest BCUT2D eigenvalue weighted by molar-refractivity contribution is -0.128. The molecule has 22 heavy (non-hydrogen) atoms. The number of morpholine rings is 1. The third-order valence-electron chi connectivity index (χ3n) is 3.96. The van der Waals surface area contributed by atoms with Crippen LogP contribution in [0.2, 0.25) is 0 Å². The highest BCUT2D eigenvalue weighted by atomic mass is 16.5. The van der Waals surface area contributed by atoms with E-state index in [0.717, 1.165) is 0 Å². The molecule has 3 heterocycles. The van der Waals surface area contributed by atoms with Crippen LogP contribution in [-0.4, -0.2) is 90.6 Å². The Morgan fingerprint density at radius 1 is 1.41 bits per heavy atom. The van der Waals surface area contributed by atoms with Crippen LogP contribution in [0.15, 0.2) is 4.99 Å². The maximum Gasteiger partial charge on any atom is 0.325 e. The molecule has 0 aromatic rings. The standard InChI is InChI=1S/C12H18N6O4/c1-16-9-8(10(20)15-12(16)21)18(6-7(13)19)11(14-9)17-2-4-22-5-3-17/h8-9H,2-6H2,1H3,(H2,13,19)(H,15,20,21). The molecule has 3 rings (SSSR count). The first-order valence-electron chi connectivity index (χ1n) is 7.02. The molecule has 120 valence electrons. The smallest absolute Gasteiger partial charge is 0.325 e. The van der Waals surface area contributed by atoms with E-state index in [9.17, 15) is 14.4 Å². The topological polar surface area (TPSA) is 121 Å². The number of guanidine groups is 1. The van der Waals surface area contributed by atoms with Crippen LogP contribution in [0.5, 0.6) is 0 Å². The minimum atomic E-state index is -0.743. The first-order chi connectivity index (χ1) is 10.5. The zero-order valence-corrected chi connectivity index (χ0v) is 12.2. The fourth-order valence-corrected chi connectivity index (χ4v) is 2.87. The number of amides is 4. The maximum atomic E-state index is 12.2. The van der Waals surface area contributed by atoms with Crippen LogP contribution < -0.4 is 11.1 Å². The molecule has 10 nitrogen and oxygen atoms in total. The molecular formula is C12H18N6O4. The van der Waals surface area contributed by atoms with E-state index in [0.29, 0.717) is 32.3 Å². The van der Waals surface area contributed by atoms with Crippen molar-refractivity contribution in [3.63, 3.8) is 0 Å². The molecular weight excluding hydrogens is 292 g/mol. The summed E-state index contributed by atoms with van der Waals surface area (Å²) in [5, 5.41) is 2.26. The second kappa shape index (κ2) is 5.44. The lowest BCUT2D eigenvalue weighted by Crippen LogP contribution is -2.65. The Morgan fingerprint density at radius 2 is 2.09 bits per heavy atom. The van der Waals surface area contributed by atoms with Gasteiger partial charge in [-0.1, -0.05) is 0 Å². The van der Waals surface area contributed by atoms with Gasteiger partial charge >= 0.3 is 6.03 Å². The van der Waals surface area contributed by atoms with Gasteiger partial charge < -0.3 is 25.2 Å². The number of urea groups is 1. The number of carbonyl (C=O) groups is 3. The number of primary amides is 1. The zero-order valence-electron chi connectivity index (χ0n) is 12.2. The van der Waals surface area contributed by atoms with E-state index in [-0.39, 0.29) is 6.54 Å². The summed E-state index contributed by atoms with van der Waals surface area (Å²) >= 11 is 0. The SMILES string of the molecule is CN1C(=O)NC(=O)C2C1N=C(N1CCOCC1)N2CC(N)=O. The number of rotatable bonds is 2. The molecule has 2 fully saturated rings. The molecule has 10 heteroatoms. The summed E-state index contributed by atoms with van der Waals surface area (Å²) in [6.07, 6.45) is -0.654. The Bertz CT molecular complexity index is 544. The third-order valence-corrected chi connectivity index (χ3v) is 3.96. The van der Waals surface area contributed by atoms with Gasteiger partial charge in [0.2, 0.25) is 5.91 Å². The Morgan fingerprint density at radius 3 is 2.73 bits per heavy atom. The van der Waals surface area contributed by atoms with E-state index in [1.165, 1.54) is 4.90 Å². The number of ether oxygens (including phenoxy) is 1. The van der Waals surface area contributed by atoms with E-state index in [4.69, 9.17) is 10.5 Å². The summed E-state index contributed by atoms with van der Waals surface area (Å²) in [6.45, 7) is 2.16. The van der Waals surface area contributed by atoms with Gasteiger partial charge in [-0.25, -0.2) is 9.79 Å². The van der Waals surface area contributed by atoms with Gasteiger partial charge in [-0.15, -0.1) is 0 Å². The highest BCUT2D eigenvalue weighted by Crippen LogP contribution is 2.25. The zero-order chi connectivity index (χ0) is 15.9. The second-order valence-corrected chi connectivity index (χ2v) is 5.39. The molecule has 0 spiro atoms. The van der Waals surface area contributed by atoms with Crippen molar-refractivity contribution in [2.45, 2.75) is 12.2 Å². The van der Waals surface area contributed by atoms with Crippen molar-refractivity contribution >= 4 is 23.8 Å². The molecule has 3 aliphatic heterocycles. The van der Waals surface area contributed by atoms with Gasteiger partial charge in [0, 0.05) is 20.1 Å². The number of carbonyl (C=O) groups excluding carboxylic acids is 3. The average Bonchev–Trinajstić information content (AvgIpc) is 2.85. The second-order valence-electron chi connectivity index (χ2n) is 5.39. The van der Waals surface area contributed by atoms with Gasteiger partial charge in [-0.3, -0.25) is 14.9 Å². The van der Waals surface area contributed by atoms with E-state index < -0.39 is 30.1 Å². The fraction of sp³-hybridized carbons (Fsp3) is 0.667. The molecule has 0 aromatic heterocycles. The molecule has 2 unspecified atom stereocenters. The summed E-state index contributed by atoms with van der Waals surface area (Å²) < 4.78 is 5.30. The number of fused-ring (bicyclic) bond motifs is 1. The first kappa shape index (κ1) is 14.6. The monoisotopic (exact) mass is 310 g/mol.